The van der Waals surface area contributed by atoms with Gasteiger partial charge in [-0.05, 0) is 25.9 Å². The fraction of sp³-hybridized carbons (Fsp3) is 0.909. The van der Waals surface area contributed by atoms with E-state index in [2.05, 4.69) is 10.2 Å². The number of nitrogens with one attached hydrogen (secondary N) is 1. The fourth-order valence-electron chi connectivity index (χ4n) is 1.82. The number of nitrogens with zero attached hydrogens (tertiary/aromatic N) is 1. The zero-order chi connectivity index (χ0) is 10.9. The van der Waals surface area contributed by atoms with E-state index in [1.807, 2.05) is 0 Å². The van der Waals surface area contributed by atoms with E-state index in [4.69, 9.17) is 4.74 Å². The van der Waals surface area contributed by atoms with E-state index >= 15 is 0 Å². The molecule has 1 saturated heterocycles. The van der Waals surface area contributed by atoms with Gasteiger partial charge < -0.3 is 15.0 Å². The van der Waals surface area contributed by atoms with Crippen LogP contribution in [0.1, 0.15) is 25.7 Å². The number of amides is 1. The summed E-state index contributed by atoms with van der Waals surface area (Å²) >= 11 is 0. The highest BCUT2D eigenvalue weighted by Gasteiger charge is 2.11. The highest BCUT2D eigenvalue weighted by Crippen LogP contribution is 2.08. The average molecular weight is 214 g/mol. The molecule has 4 nitrogen and oxygen atoms in total. The van der Waals surface area contributed by atoms with Crippen LogP contribution in [0.5, 0.6) is 0 Å². The van der Waals surface area contributed by atoms with E-state index in [1.165, 1.54) is 19.3 Å². The predicted octanol–water partition coefficient (Wildman–Crippen LogP) is 0.625. The number of piperidine rings is 1. The number of carbonyl (C=O) groups is 1. The van der Waals surface area contributed by atoms with Crippen LogP contribution >= 0.6 is 0 Å². The smallest absolute Gasteiger partial charge is 0.221 e. The van der Waals surface area contributed by atoms with E-state index in [9.17, 15) is 4.79 Å². The average Bonchev–Trinajstić information content (AvgIpc) is 2.28. The Morgan fingerprint density at radius 3 is 2.73 bits per heavy atom. The maximum absolute atomic E-state index is 11.4. The van der Waals surface area contributed by atoms with Gasteiger partial charge in [-0.15, -0.1) is 0 Å². The molecule has 88 valence electrons. The van der Waals surface area contributed by atoms with Gasteiger partial charge in [0.25, 0.3) is 0 Å². The lowest BCUT2D eigenvalue weighted by Crippen LogP contribution is -2.35. The van der Waals surface area contributed by atoms with E-state index in [0.717, 1.165) is 19.6 Å². The maximum atomic E-state index is 11.4. The second kappa shape index (κ2) is 7.65. The molecular weight excluding hydrogens is 192 g/mol. The lowest BCUT2D eigenvalue weighted by molar-refractivity contribution is -0.121. The summed E-state index contributed by atoms with van der Waals surface area (Å²) in [6.07, 6.45) is 4.52. The van der Waals surface area contributed by atoms with Gasteiger partial charge in [0.05, 0.1) is 6.61 Å². The third kappa shape index (κ3) is 5.74. The number of carbonyl (C=O) groups excluding carboxylic acids is 1. The van der Waals surface area contributed by atoms with Crippen LogP contribution in [-0.4, -0.2) is 50.7 Å². The molecule has 0 bridgehead atoms. The van der Waals surface area contributed by atoms with Crippen LogP contribution in [0.25, 0.3) is 0 Å². The van der Waals surface area contributed by atoms with Crippen molar-refractivity contribution in [3.8, 4) is 0 Å². The van der Waals surface area contributed by atoms with E-state index in [1.54, 1.807) is 7.11 Å². The molecule has 0 radical (unpaired) electrons. The summed E-state index contributed by atoms with van der Waals surface area (Å²) in [5.74, 6) is 0.137. The number of rotatable bonds is 6. The van der Waals surface area contributed by atoms with Crippen molar-refractivity contribution in [3.05, 3.63) is 0 Å². The van der Waals surface area contributed by atoms with Crippen molar-refractivity contribution in [2.45, 2.75) is 25.7 Å². The third-order valence-corrected chi connectivity index (χ3v) is 2.73. The van der Waals surface area contributed by atoms with Crippen molar-refractivity contribution in [1.82, 2.24) is 10.2 Å². The molecule has 0 unspecified atom stereocenters. The Balaban J connectivity index is 2.00. The molecule has 0 spiro atoms. The molecule has 0 saturated carbocycles. The number of hydrogen-bond donors (Lipinski definition) is 1. The Morgan fingerprint density at radius 2 is 2.07 bits per heavy atom. The SMILES string of the molecule is COCCNC(=O)CCN1CCCCC1. The summed E-state index contributed by atoms with van der Waals surface area (Å²) in [5.41, 5.74) is 0. The number of likely N-dealkylation sites (tertiary alicyclic amines) is 1. The minimum atomic E-state index is 0.137. The third-order valence-electron chi connectivity index (χ3n) is 2.73. The van der Waals surface area contributed by atoms with Gasteiger partial charge in [0.1, 0.15) is 0 Å². The van der Waals surface area contributed by atoms with Gasteiger partial charge in [0, 0.05) is 26.6 Å². The quantitative estimate of drug-likeness (QED) is 0.659. The molecule has 0 aromatic rings. The Labute approximate surface area is 92.0 Å². The Bertz CT molecular complexity index is 179. The fourth-order valence-corrected chi connectivity index (χ4v) is 1.82. The molecule has 0 aromatic carbocycles. The number of hydrogen-bond acceptors (Lipinski definition) is 3. The summed E-state index contributed by atoms with van der Waals surface area (Å²) in [4.78, 5) is 13.7. The Morgan fingerprint density at radius 1 is 1.33 bits per heavy atom. The lowest BCUT2D eigenvalue weighted by Gasteiger charge is -2.25. The van der Waals surface area contributed by atoms with Crippen LogP contribution in [-0.2, 0) is 9.53 Å². The van der Waals surface area contributed by atoms with Crippen molar-refractivity contribution in [2.75, 3.05) is 39.9 Å². The topological polar surface area (TPSA) is 41.6 Å². The number of ether oxygens (including phenoxy) is 1. The van der Waals surface area contributed by atoms with Crippen LogP contribution in [0.4, 0.5) is 0 Å². The molecule has 4 heteroatoms. The van der Waals surface area contributed by atoms with Gasteiger partial charge in [-0.2, -0.15) is 0 Å². The molecule has 1 rings (SSSR count). The molecule has 1 aliphatic heterocycles. The first-order chi connectivity index (χ1) is 7.33. The van der Waals surface area contributed by atoms with Crippen LogP contribution in [0.2, 0.25) is 0 Å². The highest BCUT2D eigenvalue weighted by molar-refractivity contribution is 5.76. The van der Waals surface area contributed by atoms with Gasteiger partial charge in [-0.3, -0.25) is 4.79 Å². The zero-order valence-corrected chi connectivity index (χ0v) is 9.63. The summed E-state index contributed by atoms with van der Waals surface area (Å²) in [6.45, 7) is 4.43. The van der Waals surface area contributed by atoms with Gasteiger partial charge in [0.2, 0.25) is 5.91 Å². The summed E-state index contributed by atoms with van der Waals surface area (Å²) in [5, 5.41) is 2.83. The zero-order valence-electron chi connectivity index (χ0n) is 9.63. The molecule has 1 heterocycles. The van der Waals surface area contributed by atoms with Crippen LogP contribution < -0.4 is 5.32 Å². The van der Waals surface area contributed by atoms with Crippen molar-refractivity contribution in [1.29, 1.82) is 0 Å². The molecule has 1 aliphatic rings. The van der Waals surface area contributed by atoms with E-state index < -0.39 is 0 Å². The lowest BCUT2D eigenvalue weighted by atomic mass is 10.1. The Hall–Kier alpha value is -0.610. The summed E-state index contributed by atoms with van der Waals surface area (Å²) in [7, 11) is 1.64. The summed E-state index contributed by atoms with van der Waals surface area (Å²) < 4.78 is 4.86. The van der Waals surface area contributed by atoms with Crippen LogP contribution in [0.3, 0.4) is 0 Å². The molecule has 0 aromatic heterocycles. The second-order valence-corrected chi connectivity index (χ2v) is 4.00. The van der Waals surface area contributed by atoms with Crippen molar-refractivity contribution in [3.63, 3.8) is 0 Å². The van der Waals surface area contributed by atoms with Crippen molar-refractivity contribution < 1.29 is 9.53 Å². The molecule has 0 atom stereocenters. The number of methoxy groups -OCH3 is 1. The molecule has 1 N–H and O–H groups in total. The second-order valence-electron chi connectivity index (χ2n) is 4.00. The molecule has 0 aliphatic carbocycles. The van der Waals surface area contributed by atoms with Crippen LogP contribution in [0, 0.1) is 0 Å². The minimum absolute atomic E-state index is 0.137. The maximum Gasteiger partial charge on any atom is 0.221 e. The van der Waals surface area contributed by atoms with Gasteiger partial charge in [-0.25, -0.2) is 0 Å². The summed E-state index contributed by atoms with van der Waals surface area (Å²) in [6, 6.07) is 0. The highest BCUT2D eigenvalue weighted by atomic mass is 16.5. The predicted molar refractivity (Wildman–Crippen MR) is 59.8 cm³/mol. The normalized spacial score (nSPS) is 17.7. The van der Waals surface area contributed by atoms with Crippen molar-refractivity contribution >= 4 is 5.91 Å². The van der Waals surface area contributed by atoms with Crippen molar-refractivity contribution in [2.24, 2.45) is 0 Å². The Kier molecular flexibility index (Phi) is 6.36. The van der Waals surface area contributed by atoms with Crippen LogP contribution in [0.15, 0.2) is 0 Å². The molecule has 1 fully saturated rings. The van der Waals surface area contributed by atoms with Gasteiger partial charge in [-0.1, -0.05) is 6.42 Å². The molecule has 1 amide bonds. The first-order valence-electron chi connectivity index (χ1n) is 5.81. The standard InChI is InChI=1S/C11H22N2O2/c1-15-10-6-12-11(14)5-9-13-7-3-2-4-8-13/h2-10H2,1H3,(H,12,14). The molecular formula is C11H22N2O2. The van der Waals surface area contributed by atoms with Gasteiger partial charge in [0.15, 0.2) is 0 Å². The van der Waals surface area contributed by atoms with Gasteiger partial charge >= 0.3 is 0 Å². The largest absolute Gasteiger partial charge is 0.383 e. The van der Waals surface area contributed by atoms with E-state index in [-0.39, 0.29) is 5.91 Å². The minimum Gasteiger partial charge on any atom is -0.383 e. The molecule has 15 heavy (non-hydrogen) atoms. The monoisotopic (exact) mass is 214 g/mol. The first kappa shape index (κ1) is 12.5. The first-order valence-corrected chi connectivity index (χ1v) is 5.81. The van der Waals surface area contributed by atoms with E-state index in [0.29, 0.717) is 19.6 Å².